The van der Waals surface area contributed by atoms with Gasteiger partial charge in [0.25, 0.3) is 0 Å². The quantitative estimate of drug-likeness (QED) is 0.565. The molecule has 5 heteroatoms. The van der Waals surface area contributed by atoms with Crippen LogP contribution in [0.15, 0.2) is 12.1 Å². The number of hydrogen-bond acceptors (Lipinski definition) is 4. The monoisotopic (exact) mass is 214 g/mol. The number of ether oxygens (including phenoxy) is 2. The molecule has 1 unspecified atom stereocenters. The molecule has 0 saturated heterocycles. The van der Waals surface area contributed by atoms with Crippen LogP contribution in [0.1, 0.15) is 10.4 Å². The molecule has 0 aliphatic rings. The summed E-state index contributed by atoms with van der Waals surface area (Å²) in [4.78, 5) is 10.7. The van der Waals surface area contributed by atoms with Gasteiger partial charge in [-0.05, 0) is 12.1 Å². The molecule has 0 aliphatic heterocycles. The Balaban J connectivity index is 3.35. The van der Waals surface area contributed by atoms with Crippen molar-refractivity contribution in [3.63, 3.8) is 0 Å². The topological polar surface area (TPSA) is 44.8 Å². The lowest BCUT2D eigenvalue weighted by Crippen LogP contribution is -1.96. The minimum atomic E-state index is 0.377. The second-order valence-electron chi connectivity index (χ2n) is 2.46. The lowest BCUT2D eigenvalue weighted by molar-refractivity contribution is 0.112. The van der Waals surface area contributed by atoms with Gasteiger partial charge >= 0.3 is 0 Å². The predicted molar refractivity (Wildman–Crippen MR) is 55.3 cm³/mol. The first-order chi connectivity index (χ1) is 6.78. The van der Waals surface area contributed by atoms with E-state index in [2.05, 4.69) is 9.47 Å². The molecular weight excluding hydrogens is 203 g/mol. The Morgan fingerprint density at radius 1 is 1.21 bits per heavy atom. The van der Waals surface area contributed by atoms with E-state index in [1.807, 2.05) is 0 Å². The van der Waals surface area contributed by atoms with Crippen LogP contribution in [-0.4, -0.2) is 20.5 Å². The molecule has 0 N–H and O–H groups in total. The van der Waals surface area contributed by atoms with Gasteiger partial charge in [0, 0.05) is 0 Å². The molecule has 14 heavy (non-hydrogen) atoms. The molecule has 1 atom stereocenters. The van der Waals surface area contributed by atoms with E-state index in [0.29, 0.717) is 29.1 Å². The Kier molecular flexibility index (Phi) is 3.72. The van der Waals surface area contributed by atoms with Crippen molar-refractivity contribution in [1.82, 2.24) is 0 Å². The molecule has 0 bridgehead atoms. The standard InChI is InChI=1S/C9H11O4P/c1-11-8-6(5-10)3-4-7(13-14)9(8)12-2/h3-5H,14H2,1-2H3. The average Bonchev–Trinajstić information content (AvgIpc) is 2.26. The van der Waals surface area contributed by atoms with Gasteiger partial charge in [0.15, 0.2) is 17.8 Å². The molecule has 0 fully saturated rings. The maximum absolute atomic E-state index is 10.7. The van der Waals surface area contributed by atoms with E-state index < -0.39 is 0 Å². The normalized spacial score (nSPS) is 9.36. The summed E-state index contributed by atoms with van der Waals surface area (Å²) in [5.74, 6) is 1.29. The van der Waals surface area contributed by atoms with E-state index >= 15 is 0 Å². The number of benzene rings is 1. The van der Waals surface area contributed by atoms with Gasteiger partial charge in [-0.1, -0.05) is 0 Å². The number of methoxy groups -OCH3 is 2. The smallest absolute Gasteiger partial charge is 0.204 e. The Morgan fingerprint density at radius 2 is 1.86 bits per heavy atom. The second kappa shape index (κ2) is 4.82. The number of hydrogen-bond donors (Lipinski definition) is 0. The van der Waals surface area contributed by atoms with Crippen molar-refractivity contribution in [1.29, 1.82) is 0 Å². The van der Waals surface area contributed by atoms with Crippen LogP contribution >= 0.6 is 9.47 Å². The molecule has 1 rings (SSSR count). The van der Waals surface area contributed by atoms with E-state index in [0.717, 1.165) is 0 Å². The van der Waals surface area contributed by atoms with Gasteiger partial charge in [-0.3, -0.25) is 4.79 Å². The maximum Gasteiger partial charge on any atom is 0.204 e. The van der Waals surface area contributed by atoms with Gasteiger partial charge in [0.1, 0.15) is 0 Å². The van der Waals surface area contributed by atoms with Crippen LogP contribution in [0.2, 0.25) is 0 Å². The minimum absolute atomic E-state index is 0.377. The van der Waals surface area contributed by atoms with Crippen molar-refractivity contribution in [3.05, 3.63) is 17.7 Å². The van der Waals surface area contributed by atoms with Crippen molar-refractivity contribution in [2.75, 3.05) is 14.2 Å². The van der Waals surface area contributed by atoms with E-state index in [-0.39, 0.29) is 0 Å². The highest BCUT2D eigenvalue weighted by Crippen LogP contribution is 2.39. The van der Waals surface area contributed by atoms with Gasteiger partial charge in [-0.15, -0.1) is 0 Å². The number of carbonyl (C=O) groups excluding carboxylic acids is 1. The average molecular weight is 214 g/mol. The largest absolute Gasteiger partial charge is 0.492 e. The molecule has 0 aliphatic carbocycles. The summed E-state index contributed by atoms with van der Waals surface area (Å²) in [5.41, 5.74) is 0.426. The highest BCUT2D eigenvalue weighted by molar-refractivity contribution is 7.10. The van der Waals surface area contributed by atoms with E-state index in [9.17, 15) is 4.79 Å². The first kappa shape index (κ1) is 10.8. The van der Waals surface area contributed by atoms with Crippen LogP contribution in [0.4, 0.5) is 0 Å². The number of aldehydes is 1. The van der Waals surface area contributed by atoms with Crippen molar-refractivity contribution in [3.8, 4) is 17.2 Å². The summed E-state index contributed by atoms with van der Waals surface area (Å²) < 4.78 is 15.1. The lowest BCUT2D eigenvalue weighted by atomic mass is 10.2. The third-order valence-corrected chi connectivity index (χ3v) is 2.02. The summed E-state index contributed by atoms with van der Waals surface area (Å²) in [7, 11) is 5.06. The Morgan fingerprint density at radius 3 is 2.29 bits per heavy atom. The first-order valence-corrected chi connectivity index (χ1v) is 4.32. The van der Waals surface area contributed by atoms with E-state index in [1.165, 1.54) is 14.2 Å². The molecule has 0 saturated carbocycles. The number of carbonyl (C=O) groups is 1. The molecule has 0 aromatic heterocycles. The predicted octanol–water partition coefficient (Wildman–Crippen LogP) is 1.69. The zero-order chi connectivity index (χ0) is 10.6. The lowest BCUT2D eigenvalue weighted by Gasteiger charge is -2.12. The Hall–Kier alpha value is -1.28. The fraction of sp³-hybridized carbons (Fsp3) is 0.222. The fourth-order valence-electron chi connectivity index (χ4n) is 1.15. The van der Waals surface area contributed by atoms with Gasteiger partial charge in [0.2, 0.25) is 5.75 Å². The summed E-state index contributed by atoms with van der Waals surface area (Å²) in [6.07, 6.45) is 0.702. The van der Waals surface area contributed by atoms with Crippen molar-refractivity contribution in [2.24, 2.45) is 0 Å². The van der Waals surface area contributed by atoms with Crippen LogP contribution in [-0.2, 0) is 0 Å². The van der Waals surface area contributed by atoms with Crippen LogP contribution in [0.3, 0.4) is 0 Å². The minimum Gasteiger partial charge on any atom is -0.492 e. The van der Waals surface area contributed by atoms with Gasteiger partial charge in [0.05, 0.1) is 29.2 Å². The van der Waals surface area contributed by atoms with E-state index in [4.69, 9.17) is 14.0 Å². The van der Waals surface area contributed by atoms with E-state index in [1.54, 1.807) is 12.1 Å². The molecule has 1 aromatic rings. The van der Waals surface area contributed by atoms with Crippen LogP contribution in [0.25, 0.3) is 0 Å². The first-order valence-electron chi connectivity index (χ1n) is 3.85. The second-order valence-corrected chi connectivity index (χ2v) is 2.69. The summed E-state index contributed by atoms with van der Waals surface area (Å²) in [6, 6.07) is 3.24. The molecule has 0 heterocycles. The Bertz CT molecular complexity index is 338. The summed E-state index contributed by atoms with van der Waals surface area (Å²) >= 11 is 0. The third kappa shape index (κ3) is 1.80. The summed E-state index contributed by atoms with van der Waals surface area (Å²) in [6.45, 7) is 0. The highest BCUT2D eigenvalue weighted by Gasteiger charge is 2.14. The molecule has 0 spiro atoms. The Labute approximate surface area is 84.4 Å². The van der Waals surface area contributed by atoms with Gasteiger partial charge in [-0.2, -0.15) is 0 Å². The van der Waals surface area contributed by atoms with Crippen LogP contribution < -0.4 is 14.0 Å². The van der Waals surface area contributed by atoms with Crippen LogP contribution in [0.5, 0.6) is 17.2 Å². The molecule has 76 valence electrons. The molecule has 0 amide bonds. The number of rotatable bonds is 4. The molecule has 0 radical (unpaired) electrons. The SMILES string of the molecule is COc1c(C=O)ccc(OP)c1OC. The molecular formula is C9H11O4P. The van der Waals surface area contributed by atoms with Crippen molar-refractivity contribution in [2.45, 2.75) is 0 Å². The summed E-state index contributed by atoms with van der Waals surface area (Å²) in [5, 5.41) is 0. The maximum atomic E-state index is 10.7. The molecule has 4 nitrogen and oxygen atoms in total. The highest BCUT2D eigenvalue weighted by atomic mass is 31.0. The van der Waals surface area contributed by atoms with Crippen LogP contribution in [0, 0.1) is 0 Å². The molecule has 1 aromatic carbocycles. The van der Waals surface area contributed by atoms with Gasteiger partial charge in [-0.25, -0.2) is 0 Å². The third-order valence-electron chi connectivity index (χ3n) is 1.77. The van der Waals surface area contributed by atoms with Crippen molar-refractivity contribution < 1.29 is 18.8 Å². The zero-order valence-electron chi connectivity index (χ0n) is 7.94. The zero-order valence-corrected chi connectivity index (χ0v) is 9.10. The van der Waals surface area contributed by atoms with Crippen molar-refractivity contribution >= 4 is 15.8 Å². The fourth-order valence-corrected chi connectivity index (χ4v) is 1.33. The van der Waals surface area contributed by atoms with Gasteiger partial charge < -0.3 is 14.0 Å².